The number of benzene rings is 1. The molecule has 24 heavy (non-hydrogen) atoms. The number of carbonyl (C=O) groups is 1. The van der Waals surface area contributed by atoms with E-state index in [1.165, 1.54) is 10.4 Å². The molecular formula is C18H17N3OS2. The summed E-state index contributed by atoms with van der Waals surface area (Å²) in [4.78, 5) is 13.5. The van der Waals surface area contributed by atoms with Crippen molar-refractivity contribution in [1.82, 2.24) is 9.78 Å². The zero-order valence-corrected chi connectivity index (χ0v) is 15.1. The molecule has 3 aromatic rings. The van der Waals surface area contributed by atoms with Gasteiger partial charge in [0.15, 0.2) is 0 Å². The van der Waals surface area contributed by atoms with Gasteiger partial charge in [-0.15, -0.1) is 23.1 Å². The molecule has 0 aliphatic carbocycles. The van der Waals surface area contributed by atoms with Crippen LogP contribution in [0.5, 0.6) is 0 Å². The minimum atomic E-state index is 0.0218. The Kier molecular flexibility index (Phi) is 3.94. The molecule has 0 bridgehead atoms. The molecule has 0 fully saturated rings. The number of nitrogens with one attached hydrogen (secondary N) is 1. The number of thioether (sulfide) groups is 1. The third-order valence-corrected chi connectivity index (χ3v) is 6.43. The monoisotopic (exact) mass is 355 g/mol. The number of hydrogen-bond acceptors (Lipinski definition) is 4. The Balaban J connectivity index is 1.89. The molecule has 0 saturated carbocycles. The Bertz CT molecular complexity index is 882. The van der Waals surface area contributed by atoms with Gasteiger partial charge in [-0.25, -0.2) is 4.68 Å². The molecule has 0 unspecified atom stereocenters. The standard InChI is InChI=1S/C18H17N3OS2/c1-11-5-7-13(8-6-11)21-18-16(12(2)20-21)17(14-4-3-9-23-14)24-10-15(22)19-18/h3-9,17H,10H2,1-2H3,(H,19,22)/t17-/m1/s1. The molecule has 3 heterocycles. The average Bonchev–Trinajstić information content (AvgIpc) is 3.15. The fourth-order valence-corrected chi connectivity index (χ4v) is 5.09. The maximum absolute atomic E-state index is 12.2. The fraction of sp³-hybridized carbons (Fsp3) is 0.222. The smallest absolute Gasteiger partial charge is 0.235 e. The maximum Gasteiger partial charge on any atom is 0.235 e. The largest absolute Gasteiger partial charge is 0.310 e. The summed E-state index contributed by atoms with van der Waals surface area (Å²) in [5.41, 5.74) is 4.22. The molecule has 1 aliphatic heterocycles. The normalized spacial score (nSPS) is 17.2. The highest BCUT2D eigenvalue weighted by atomic mass is 32.2. The number of thiophene rings is 1. The van der Waals surface area contributed by atoms with Gasteiger partial charge in [-0.05, 0) is 37.4 Å². The molecule has 4 rings (SSSR count). The molecule has 1 amide bonds. The molecule has 0 spiro atoms. The first-order valence-corrected chi connectivity index (χ1v) is 9.68. The summed E-state index contributed by atoms with van der Waals surface area (Å²) < 4.78 is 1.86. The van der Waals surface area contributed by atoms with Crippen molar-refractivity contribution in [3.05, 3.63) is 63.5 Å². The number of nitrogens with zero attached hydrogens (tertiary/aromatic N) is 2. The van der Waals surface area contributed by atoms with E-state index in [9.17, 15) is 4.79 Å². The summed E-state index contributed by atoms with van der Waals surface area (Å²) >= 11 is 3.39. The van der Waals surface area contributed by atoms with Crippen molar-refractivity contribution in [2.24, 2.45) is 0 Å². The molecule has 1 N–H and O–H groups in total. The van der Waals surface area contributed by atoms with Gasteiger partial charge in [-0.2, -0.15) is 5.10 Å². The van der Waals surface area contributed by atoms with E-state index in [0.29, 0.717) is 5.75 Å². The van der Waals surface area contributed by atoms with Crippen LogP contribution in [-0.4, -0.2) is 21.4 Å². The molecule has 1 aromatic carbocycles. The number of hydrogen-bond donors (Lipinski definition) is 1. The van der Waals surface area contributed by atoms with Crippen molar-refractivity contribution in [2.75, 3.05) is 11.1 Å². The maximum atomic E-state index is 12.2. The van der Waals surface area contributed by atoms with Crippen molar-refractivity contribution in [3.8, 4) is 5.69 Å². The second-order valence-corrected chi connectivity index (χ2v) is 7.92. The summed E-state index contributed by atoms with van der Waals surface area (Å²) in [7, 11) is 0. The quantitative estimate of drug-likeness (QED) is 0.744. The Morgan fingerprint density at radius 1 is 1.21 bits per heavy atom. The van der Waals surface area contributed by atoms with Crippen molar-refractivity contribution in [3.63, 3.8) is 0 Å². The lowest BCUT2D eigenvalue weighted by molar-refractivity contribution is -0.113. The minimum absolute atomic E-state index is 0.0218. The van der Waals surface area contributed by atoms with Crippen LogP contribution in [0.15, 0.2) is 41.8 Å². The van der Waals surface area contributed by atoms with Crippen molar-refractivity contribution >= 4 is 34.8 Å². The van der Waals surface area contributed by atoms with Crippen molar-refractivity contribution in [1.29, 1.82) is 0 Å². The van der Waals surface area contributed by atoms with E-state index < -0.39 is 0 Å². The Morgan fingerprint density at radius 3 is 2.71 bits per heavy atom. The molecule has 0 radical (unpaired) electrons. The predicted molar refractivity (Wildman–Crippen MR) is 100 cm³/mol. The summed E-state index contributed by atoms with van der Waals surface area (Å²) in [6.45, 7) is 4.08. The van der Waals surface area contributed by atoms with E-state index in [2.05, 4.69) is 41.9 Å². The molecule has 122 valence electrons. The van der Waals surface area contributed by atoms with E-state index in [1.807, 2.05) is 23.7 Å². The first-order chi connectivity index (χ1) is 11.6. The van der Waals surface area contributed by atoms with Gasteiger partial charge in [0.05, 0.1) is 22.4 Å². The van der Waals surface area contributed by atoms with Crippen molar-refractivity contribution in [2.45, 2.75) is 19.1 Å². The zero-order chi connectivity index (χ0) is 16.7. The Labute approximate surface area is 148 Å². The lowest BCUT2D eigenvalue weighted by Crippen LogP contribution is -2.15. The highest BCUT2D eigenvalue weighted by Gasteiger charge is 2.30. The first-order valence-electron chi connectivity index (χ1n) is 7.75. The molecule has 2 aromatic heterocycles. The lowest BCUT2D eigenvalue weighted by Gasteiger charge is -2.13. The van der Waals surface area contributed by atoms with Gasteiger partial charge in [0.1, 0.15) is 5.82 Å². The number of carbonyl (C=O) groups excluding carboxylic acids is 1. The van der Waals surface area contributed by atoms with Crippen LogP contribution >= 0.6 is 23.1 Å². The topological polar surface area (TPSA) is 46.9 Å². The van der Waals surface area contributed by atoms with E-state index >= 15 is 0 Å². The summed E-state index contributed by atoms with van der Waals surface area (Å²) in [6, 6.07) is 12.4. The van der Waals surface area contributed by atoms with E-state index in [4.69, 9.17) is 5.10 Å². The second-order valence-electron chi connectivity index (χ2n) is 5.85. The highest BCUT2D eigenvalue weighted by molar-refractivity contribution is 8.00. The van der Waals surface area contributed by atoms with Crippen LogP contribution < -0.4 is 5.32 Å². The van der Waals surface area contributed by atoms with Crippen LogP contribution in [0.25, 0.3) is 5.69 Å². The minimum Gasteiger partial charge on any atom is -0.310 e. The van der Waals surface area contributed by atoms with Crippen molar-refractivity contribution < 1.29 is 4.79 Å². The SMILES string of the molecule is Cc1ccc(-n2nc(C)c3c2NC(=O)CS[C@@H]3c2cccs2)cc1. The number of fused-ring (bicyclic) bond motifs is 1. The van der Waals surface area contributed by atoms with Gasteiger partial charge < -0.3 is 5.32 Å². The number of rotatable bonds is 2. The first kappa shape index (κ1) is 15.5. The van der Waals surface area contributed by atoms with Crippen LogP contribution in [0.4, 0.5) is 5.82 Å². The van der Waals surface area contributed by atoms with Crippen LogP contribution in [0.3, 0.4) is 0 Å². The van der Waals surface area contributed by atoms with Gasteiger partial charge in [0, 0.05) is 10.4 Å². The Morgan fingerprint density at radius 2 is 2.00 bits per heavy atom. The van der Waals surface area contributed by atoms with E-state index in [-0.39, 0.29) is 11.2 Å². The van der Waals surface area contributed by atoms with Gasteiger partial charge in [0.25, 0.3) is 0 Å². The third kappa shape index (κ3) is 2.65. The number of aryl methyl sites for hydroxylation is 2. The zero-order valence-electron chi connectivity index (χ0n) is 13.4. The third-order valence-electron chi connectivity index (χ3n) is 4.09. The molecule has 6 heteroatoms. The summed E-state index contributed by atoms with van der Waals surface area (Å²) in [5.74, 6) is 1.27. The average molecular weight is 355 g/mol. The molecule has 1 aliphatic rings. The van der Waals surface area contributed by atoms with Gasteiger partial charge >= 0.3 is 0 Å². The van der Waals surface area contributed by atoms with Crippen LogP contribution in [0.2, 0.25) is 0 Å². The highest BCUT2D eigenvalue weighted by Crippen LogP contribution is 2.45. The van der Waals surface area contributed by atoms with Crippen LogP contribution in [0, 0.1) is 13.8 Å². The van der Waals surface area contributed by atoms with Gasteiger partial charge in [0.2, 0.25) is 5.91 Å². The van der Waals surface area contributed by atoms with E-state index in [0.717, 1.165) is 22.8 Å². The molecule has 4 nitrogen and oxygen atoms in total. The molecule has 0 saturated heterocycles. The van der Waals surface area contributed by atoms with Crippen LogP contribution in [0.1, 0.15) is 26.9 Å². The number of amides is 1. The number of anilines is 1. The summed E-state index contributed by atoms with van der Waals surface area (Å²) in [5, 5.41) is 10.00. The summed E-state index contributed by atoms with van der Waals surface area (Å²) in [6.07, 6.45) is 0. The Hall–Kier alpha value is -2.05. The predicted octanol–water partition coefficient (Wildman–Crippen LogP) is 4.33. The van der Waals surface area contributed by atoms with Gasteiger partial charge in [-0.1, -0.05) is 23.8 Å². The van der Waals surface area contributed by atoms with Crippen LogP contribution in [-0.2, 0) is 4.79 Å². The van der Waals surface area contributed by atoms with E-state index in [1.54, 1.807) is 23.1 Å². The lowest BCUT2D eigenvalue weighted by atomic mass is 10.1. The fourth-order valence-electron chi connectivity index (χ4n) is 2.92. The molecule has 1 atom stereocenters. The molecular weight excluding hydrogens is 338 g/mol. The number of aromatic nitrogens is 2. The van der Waals surface area contributed by atoms with Gasteiger partial charge in [-0.3, -0.25) is 4.79 Å². The second kappa shape index (κ2) is 6.11.